The van der Waals surface area contributed by atoms with Crippen LogP contribution >= 0.6 is 0 Å². The molecule has 0 saturated carbocycles. The highest BCUT2D eigenvalue weighted by Crippen LogP contribution is 2.23. The molecule has 0 aliphatic carbocycles. The van der Waals surface area contributed by atoms with Crippen LogP contribution in [0.2, 0.25) is 0 Å². The van der Waals surface area contributed by atoms with Gasteiger partial charge in [-0.1, -0.05) is 6.92 Å². The molecule has 6 atom stereocenters. The molecule has 1 fully saturated rings. The molecule has 1 aliphatic rings. The van der Waals surface area contributed by atoms with E-state index in [0.717, 1.165) is 0 Å². The van der Waals surface area contributed by atoms with Crippen molar-refractivity contribution >= 4 is 0 Å². The van der Waals surface area contributed by atoms with E-state index < -0.39 is 24.4 Å². The maximum atomic E-state index is 9.81. The van der Waals surface area contributed by atoms with Gasteiger partial charge >= 0.3 is 0 Å². The van der Waals surface area contributed by atoms with Crippen LogP contribution in [0, 0.1) is 5.92 Å². The molecular formula is C10H20O5. The van der Waals surface area contributed by atoms with E-state index >= 15 is 0 Å². The van der Waals surface area contributed by atoms with Gasteiger partial charge in [0, 0.05) is 5.92 Å². The molecule has 3 N–H and O–H groups in total. The summed E-state index contributed by atoms with van der Waals surface area (Å²) in [5.74, 6) is -0.00963. The van der Waals surface area contributed by atoms with Crippen molar-refractivity contribution in [3.63, 3.8) is 0 Å². The third-order valence-corrected chi connectivity index (χ3v) is 2.68. The average molecular weight is 220 g/mol. The summed E-state index contributed by atoms with van der Waals surface area (Å²) in [4.78, 5) is 0. The summed E-state index contributed by atoms with van der Waals surface area (Å²) in [6.07, 6.45) is -4.15. The fourth-order valence-corrected chi connectivity index (χ4v) is 1.67. The molecule has 0 aromatic carbocycles. The van der Waals surface area contributed by atoms with Crippen molar-refractivity contribution in [1.29, 1.82) is 0 Å². The van der Waals surface area contributed by atoms with E-state index in [2.05, 4.69) is 0 Å². The van der Waals surface area contributed by atoms with E-state index in [1.54, 1.807) is 6.92 Å². The molecule has 0 bridgehead atoms. The van der Waals surface area contributed by atoms with Gasteiger partial charge in [-0.3, -0.25) is 0 Å². The molecule has 1 saturated heterocycles. The van der Waals surface area contributed by atoms with Gasteiger partial charge in [0.25, 0.3) is 0 Å². The Kier molecular flexibility index (Phi) is 4.48. The standard InChI is InChI=1S/C10H20O5/c1-5-4-14-7(3)15-10(5)9(13)8(12)6(2)11/h5-13H,4H2,1-3H3. The Hall–Kier alpha value is -0.200. The fourth-order valence-electron chi connectivity index (χ4n) is 1.67. The van der Waals surface area contributed by atoms with E-state index in [-0.39, 0.29) is 12.2 Å². The topological polar surface area (TPSA) is 79.2 Å². The van der Waals surface area contributed by atoms with Crippen molar-refractivity contribution in [2.75, 3.05) is 6.61 Å². The second-order valence-corrected chi connectivity index (χ2v) is 4.20. The van der Waals surface area contributed by atoms with Crippen molar-refractivity contribution in [1.82, 2.24) is 0 Å². The summed E-state index contributed by atoms with van der Waals surface area (Å²) in [5, 5.41) is 28.5. The number of rotatable bonds is 3. The maximum Gasteiger partial charge on any atom is 0.155 e. The zero-order valence-electron chi connectivity index (χ0n) is 9.33. The van der Waals surface area contributed by atoms with Crippen LogP contribution in [0.15, 0.2) is 0 Å². The normalized spacial score (nSPS) is 38.4. The molecule has 1 aliphatic heterocycles. The quantitative estimate of drug-likeness (QED) is 0.597. The first-order chi connectivity index (χ1) is 6.93. The van der Waals surface area contributed by atoms with Gasteiger partial charge in [0.1, 0.15) is 12.2 Å². The summed E-state index contributed by atoms with van der Waals surface area (Å²) in [7, 11) is 0. The molecule has 0 aromatic heterocycles. The van der Waals surface area contributed by atoms with Gasteiger partial charge in [0.2, 0.25) is 0 Å². The Bertz CT molecular complexity index is 196. The van der Waals surface area contributed by atoms with Gasteiger partial charge in [0.15, 0.2) is 6.29 Å². The number of ether oxygens (including phenoxy) is 2. The summed E-state index contributed by atoms with van der Waals surface area (Å²) < 4.78 is 10.6. The van der Waals surface area contributed by atoms with Crippen molar-refractivity contribution < 1.29 is 24.8 Å². The van der Waals surface area contributed by atoms with Crippen molar-refractivity contribution in [3.8, 4) is 0 Å². The lowest BCUT2D eigenvalue weighted by Gasteiger charge is -2.38. The highest BCUT2D eigenvalue weighted by molar-refractivity contribution is 4.84. The second kappa shape index (κ2) is 5.23. The molecule has 5 heteroatoms. The zero-order valence-corrected chi connectivity index (χ0v) is 9.33. The molecule has 1 rings (SSSR count). The van der Waals surface area contributed by atoms with Crippen molar-refractivity contribution in [2.24, 2.45) is 5.92 Å². The number of aliphatic hydroxyl groups excluding tert-OH is 3. The van der Waals surface area contributed by atoms with Gasteiger partial charge in [-0.25, -0.2) is 0 Å². The average Bonchev–Trinajstić information content (AvgIpc) is 2.19. The van der Waals surface area contributed by atoms with Gasteiger partial charge in [-0.15, -0.1) is 0 Å². The zero-order chi connectivity index (χ0) is 11.6. The highest BCUT2D eigenvalue weighted by Gasteiger charge is 2.37. The predicted octanol–water partition coefficient (Wildman–Crippen LogP) is -0.513. The van der Waals surface area contributed by atoms with Crippen LogP contribution < -0.4 is 0 Å². The van der Waals surface area contributed by atoms with E-state index in [4.69, 9.17) is 9.47 Å². The molecule has 5 nitrogen and oxygen atoms in total. The Morgan fingerprint density at radius 2 is 1.80 bits per heavy atom. The molecule has 0 amide bonds. The molecule has 6 unspecified atom stereocenters. The van der Waals surface area contributed by atoms with Gasteiger partial charge < -0.3 is 24.8 Å². The van der Waals surface area contributed by atoms with Gasteiger partial charge in [-0.05, 0) is 13.8 Å². The van der Waals surface area contributed by atoms with Crippen LogP contribution in [0.1, 0.15) is 20.8 Å². The molecule has 0 radical (unpaired) electrons. The Morgan fingerprint density at radius 1 is 1.20 bits per heavy atom. The Morgan fingerprint density at radius 3 is 2.33 bits per heavy atom. The number of aliphatic hydroxyl groups is 3. The van der Waals surface area contributed by atoms with Gasteiger partial charge in [0.05, 0.1) is 18.8 Å². The molecule has 90 valence electrons. The van der Waals surface area contributed by atoms with Crippen LogP contribution in [0.5, 0.6) is 0 Å². The van der Waals surface area contributed by atoms with E-state index in [9.17, 15) is 15.3 Å². The first kappa shape index (κ1) is 12.9. The van der Waals surface area contributed by atoms with Crippen LogP contribution in [0.4, 0.5) is 0 Å². The lowest BCUT2D eigenvalue weighted by Crippen LogP contribution is -2.51. The predicted molar refractivity (Wildman–Crippen MR) is 53.1 cm³/mol. The summed E-state index contributed by atoms with van der Waals surface area (Å²) in [6, 6.07) is 0. The van der Waals surface area contributed by atoms with Crippen LogP contribution in [-0.2, 0) is 9.47 Å². The lowest BCUT2D eigenvalue weighted by atomic mass is 9.94. The maximum absolute atomic E-state index is 9.81. The third-order valence-electron chi connectivity index (χ3n) is 2.68. The van der Waals surface area contributed by atoms with Crippen LogP contribution in [0.25, 0.3) is 0 Å². The molecular weight excluding hydrogens is 200 g/mol. The largest absolute Gasteiger partial charge is 0.391 e. The smallest absolute Gasteiger partial charge is 0.155 e. The van der Waals surface area contributed by atoms with Gasteiger partial charge in [-0.2, -0.15) is 0 Å². The molecule has 1 heterocycles. The number of hydrogen-bond acceptors (Lipinski definition) is 5. The molecule has 0 aromatic rings. The SMILES string of the molecule is CC1OCC(C)C(C(O)C(O)C(C)O)O1. The van der Waals surface area contributed by atoms with Crippen molar-refractivity contribution in [2.45, 2.75) is 51.5 Å². The van der Waals surface area contributed by atoms with E-state index in [1.165, 1.54) is 6.92 Å². The minimum atomic E-state index is -1.19. The summed E-state index contributed by atoms with van der Waals surface area (Å²) >= 11 is 0. The minimum Gasteiger partial charge on any atom is -0.391 e. The highest BCUT2D eigenvalue weighted by atomic mass is 16.7. The fraction of sp³-hybridized carbons (Fsp3) is 1.00. The Balaban J connectivity index is 2.60. The lowest BCUT2D eigenvalue weighted by molar-refractivity contribution is -0.259. The van der Waals surface area contributed by atoms with Crippen LogP contribution in [0.3, 0.4) is 0 Å². The third kappa shape index (κ3) is 3.12. The first-order valence-electron chi connectivity index (χ1n) is 5.24. The van der Waals surface area contributed by atoms with Crippen LogP contribution in [-0.4, -0.2) is 52.6 Å². The molecule has 0 spiro atoms. The Labute approximate surface area is 89.6 Å². The second-order valence-electron chi connectivity index (χ2n) is 4.20. The summed E-state index contributed by atoms with van der Waals surface area (Å²) in [5.41, 5.74) is 0. The summed E-state index contributed by atoms with van der Waals surface area (Å²) in [6.45, 7) is 5.52. The monoisotopic (exact) mass is 220 g/mol. The van der Waals surface area contributed by atoms with E-state index in [0.29, 0.717) is 6.61 Å². The molecule has 15 heavy (non-hydrogen) atoms. The number of hydrogen-bond donors (Lipinski definition) is 3. The minimum absolute atomic E-state index is 0.00963. The first-order valence-corrected chi connectivity index (χ1v) is 5.24. The van der Waals surface area contributed by atoms with E-state index in [1.807, 2.05) is 6.92 Å². The van der Waals surface area contributed by atoms with Crippen molar-refractivity contribution in [3.05, 3.63) is 0 Å².